The number of alkyl carbamates (subject to hydrolysis) is 1. The van der Waals surface area contributed by atoms with Crippen molar-refractivity contribution < 1.29 is 19.1 Å². The van der Waals surface area contributed by atoms with Gasteiger partial charge in [-0.2, -0.15) is 5.10 Å². The first-order chi connectivity index (χ1) is 11.2. The topological polar surface area (TPSA) is 82.5 Å². The Hall–Kier alpha value is -1.57. The Kier molecular flexibility index (Phi) is 5.90. The third kappa shape index (κ3) is 5.51. The van der Waals surface area contributed by atoms with Crippen molar-refractivity contribution in [3.05, 3.63) is 16.4 Å². The van der Waals surface area contributed by atoms with Crippen LogP contribution in [0.25, 0.3) is 0 Å². The summed E-state index contributed by atoms with van der Waals surface area (Å²) < 4.78 is 12.5. The average molecular weight is 402 g/mol. The van der Waals surface area contributed by atoms with Crippen molar-refractivity contribution >= 4 is 28.0 Å². The van der Waals surface area contributed by atoms with Gasteiger partial charge in [-0.25, -0.2) is 9.59 Å². The van der Waals surface area contributed by atoms with Gasteiger partial charge in [0.25, 0.3) is 0 Å². The Labute approximate surface area is 150 Å². The Morgan fingerprint density at radius 2 is 2.12 bits per heavy atom. The van der Waals surface area contributed by atoms with Gasteiger partial charge in [-0.1, -0.05) is 0 Å². The van der Waals surface area contributed by atoms with E-state index in [2.05, 4.69) is 26.3 Å². The molecule has 1 saturated carbocycles. The Bertz CT molecular complexity index is 605. The van der Waals surface area contributed by atoms with Crippen LogP contribution in [0.4, 0.5) is 4.79 Å². The molecule has 1 atom stereocenters. The molecule has 0 saturated heterocycles. The molecule has 1 amide bonds. The number of amides is 1. The molecule has 134 valence electrons. The highest BCUT2D eigenvalue weighted by molar-refractivity contribution is 9.10. The van der Waals surface area contributed by atoms with Crippen LogP contribution in [0.3, 0.4) is 0 Å². The second-order valence-electron chi connectivity index (χ2n) is 6.85. The smallest absolute Gasteiger partial charge is 0.407 e. The lowest BCUT2D eigenvalue weighted by Gasteiger charge is -2.24. The fraction of sp³-hybridized carbons (Fsp3) is 0.688. The lowest BCUT2D eigenvalue weighted by atomic mass is 10.2. The summed E-state index contributed by atoms with van der Waals surface area (Å²) in [5.74, 6) is -0.0574. The molecule has 2 rings (SSSR count). The predicted octanol–water partition coefficient (Wildman–Crippen LogP) is 3.13. The number of esters is 1. The summed E-state index contributed by atoms with van der Waals surface area (Å²) in [7, 11) is 0. The predicted molar refractivity (Wildman–Crippen MR) is 91.8 cm³/mol. The zero-order chi connectivity index (χ0) is 17.9. The van der Waals surface area contributed by atoms with Crippen molar-refractivity contribution in [1.29, 1.82) is 0 Å². The lowest BCUT2D eigenvalue weighted by Crippen LogP contribution is -2.43. The van der Waals surface area contributed by atoms with Crippen molar-refractivity contribution in [2.24, 2.45) is 5.92 Å². The standard InChI is InChI=1S/C16H24BrN3O4/c1-5-23-14(21)12-8-13(17)19-20(12)9-11(10-6-7-10)18-15(22)24-16(2,3)4/h8,10-11H,5-7,9H2,1-4H3,(H,18,22). The molecule has 0 spiro atoms. The maximum Gasteiger partial charge on any atom is 0.407 e. The molecule has 7 nitrogen and oxygen atoms in total. The number of carbonyl (C=O) groups excluding carboxylic acids is 2. The zero-order valence-electron chi connectivity index (χ0n) is 14.5. The van der Waals surface area contributed by atoms with E-state index >= 15 is 0 Å². The number of rotatable bonds is 6. The van der Waals surface area contributed by atoms with E-state index in [0.29, 0.717) is 29.4 Å². The number of nitrogens with one attached hydrogen (secondary N) is 1. The van der Waals surface area contributed by atoms with E-state index in [-0.39, 0.29) is 6.04 Å². The van der Waals surface area contributed by atoms with Gasteiger partial charge < -0.3 is 14.8 Å². The van der Waals surface area contributed by atoms with Crippen molar-refractivity contribution in [2.75, 3.05) is 6.61 Å². The maximum absolute atomic E-state index is 12.1. The van der Waals surface area contributed by atoms with Crippen LogP contribution in [0.1, 0.15) is 51.0 Å². The minimum atomic E-state index is -0.553. The van der Waals surface area contributed by atoms with Crippen LogP contribution in [0.2, 0.25) is 0 Å². The first-order valence-corrected chi connectivity index (χ1v) is 8.89. The van der Waals surface area contributed by atoms with Crippen molar-refractivity contribution in [3.63, 3.8) is 0 Å². The summed E-state index contributed by atoms with van der Waals surface area (Å²) in [6.07, 6.45) is 1.62. The third-order valence-electron chi connectivity index (χ3n) is 3.50. The Morgan fingerprint density at radius 3 is 2.67 bits per heavy atom. The molecule has 8 heteroatoms. The summed E-state index contributed by atoms with van der Waals surface area (Å²) in [5.41, 5.74) is -0.191. The normalized spacial score (nSPS) is 15.7. The highest BCUT2D eigenvalue weighted by Gasteiger charge is 2.34. The summed E-state index contributed by atoms with van der Waals surface area (Å²) in [6, 6.07) is 1.48. The van der Waals surface area contributed by atoms with Crippen LogP contribution in [0.5, 0.6) is 0 Å². The fourth-order valence-electron chi connectivity index (χ4n) is 2.35. The third-order valence-corrected chi connectivity index (χ3v) is 3.89. The molecule has 1 unspecified atom stereocenters. The molecule has 0 bridgehead atoms. The number of hydrogen-bond acceptors (Lipinski definition) is 5. The van der Waals surface area contributed by atoms with Crippen molar-refractivity contribution in [2.45, 2.75) is 58.7 Å². The molecule has 1 aliphatic carbocycles. The number of carbonyl (C=O) groups is 2. The van der Waals surface area contributed by atoms with Crippen LogP contribution in [-0.4, -0.2) is 40.1 Å². The van der Waals surface area contributed by atoms with Gasteiger partial charge in [0.05, 0.1) is 19.2 Å². The first-order valence-electron chi connectivity index (χ1n) is 8.09. The van der Waals surface area contributed by atoms with Gasteiger partial charge in [-0.15, -0.1) is 0 Å². The first kappa shape index (κ1) is 18.8. The Balaban J connectivity index is 2.08. The van der Waals surface area contributed by atoms with E-state index in [1.54, 1.807) is 17.7 Å². The monoisotopic (exact) mass is 401 g/mol. The van der Waals surface area contributed by atoms with Crippen LogP contribution < -0.4 is 5.32 Å². The summed E-state index contributed by atoms with van der Waals surface area (Å²) in [5, 5.41) is 7.19. The summed E-state index contributed by atoms with van der Waals surface area (Å²) >= 11 is 3.28. The molecule has 0 aromatic carbocycles. The van der Waals surface area contributed by atoms with E-state index < -0.39 is 17.7 Å². The van der Waals surface area contributed by atoms with Gasteiger partial charge in [0, 0.05) is 6.07 Å². The lowest BCUT2D eigenvalue weighted by molar-refractivity contribution is 0.0489. The van der Waals surface area contributed by atoms with Gasteiger partial charge in [0.2, 0.25) is 0 Å². The molecule has 1 fully saturated rings. The minimum absolute atomic E-state index is 0.139. The van der Waals surface area contributed by atoms with Gasteiger partial charge in [0.1, 0.15) is 15.9 Å². The number of halogens is 1. The zero-order valence-corrected chi connectivity index (χ0v) is 16.1. The van der Waals surface area contributed by atoms with Gasteiger partial charge >= 0.3 is 12.1 Å². The number of ether oxygens (including phenoxy) is 2. The van der Waals surface area contributed by atoms with Crippen LogP contribution in [-0.2, 0) is 16.0 Å². The molecule has 1 aromatic heterocycles. The summed E-state index contributed by atoms with van der Waals surface area (Å²) in [6.45, 7) is 7.91. The molecule has 1 heterocycles. The molecule has 1 N–H and O–H groups in total. The molecule has 24 heavy (non-hydrogen) atoms. The minimum Gasteiger partial charge on any atom is -0.461 e. The van der Waals surface area contributed by atoms with Crippen LogP contribution in [0, 0.1) is 5.92 Å². The maximum atomic E-state index is 12.1. The number of hydrogen-bond donors (Lipinski definition) is 1. The molecular formula is C16H24BrN3O4. The fourth-order valence-corrected chi connectivity index (χ4v) is 2.76. The number of nitrogens with zero attached hydrogens (tertiary/aromatic N) is 2. The molecule has 0 aliphatic heterocycles. The van der Waals surface area contributed by atoms with E-state index in [1.165, 1.54) is 0 Å². The van der Waals surface area contributed by atoms with Crippen molar-refractivity contribution in [3.8, 4) is 0 Å². The van der Waals surface area contributed by atoms with E-state index in [0.717, 1.165) is 12.8 Å². The highest BCUT2D eigenvalue weighted by Crippen LogP contribution is 2.33. The average Bonchev–Trinajstić information content (AvgIpc) is 3.20. The van der Waals surface area contributed by atoms with Gasteiger partial charge in [-0.05, 0) is 62.4 Å². The largest absolute Gasteiger partial charge is 0.461 e. The molecule has 0 radical (unpaired) electrons. The van der Waals surface area contributed by atoms with Gasteiger partial charge in [-0.3, -0.25) is 4.68 Å². The molecule has 1 aliphatic rings. The second-order valence-corrected chi connectivity index (χ2v) is 7.66. The quantitative estimate of drug-likeness (QED) is 0.740. The second kappa shape index (κ2) is 7.55. The highest BCUT2D eigenvalue weighted by atomic mass is 79.9. The summed E-state index contributed by atoms with van der Waals surface area (Å²) in [4.78, 5) is 24.1. The SMILES string of the molecule is CCOC(=O)c1cc(Br)nn1CC(NC(=O)OC(C)(C)C)C1CC1. The van der Waals surface area contributed by atoms with E-state index in [4.69, 9.17) is 9.47 Å². The Morgan fingerprint density at radius 1 is 1.46 bits per heavy atom. The molecular weight excluding hydrogens is 378 g/mol. The van der Waals surface area contributed by atoms with E-state index in [9.17, 15) is 9.59 Å². The molecule has 1 aromatic rings. The number of aromatic nitrogens is 2. The van der Waals surface area contributed by atoms with E-state index in [1.807, 2.05) is 20.8 Å². The van der Waals surface area contributed by atoms with Crippen LogP contribution >= 0.6 is 15.9 Å². The van der Waals surface area contributed by atoms with Crippen molar-refractivity contribution in [1.82, 2.24) is 15.1 Å². The van der Waals surface area contributed by atoms with Crippen LogP contribution in [0.15, 0.2) is 10.7 Å². The van der Waals surface area contributed by atoms with Gasteiger partial charge in [0.15, 0.2) is 0 Å².